The Balaban J connectivity index is 2.52. The second-order valence-electron chi connectivity index (χ2n) is 5.48. The van der Waals surface area contributed by atoms with E-state index >= 15 is 0 Å². The summed E-state index contributed by atoms with van der Waals surface area (Å²) in [5, 5.41) is 3.02. The van der Waals surface area contributed by atoms with Gasteiger partial charge in [-0.3, -0.25) is 9.69 Å². The lowest BCUT2D eigenvalue weighted by Crippen LogP contribution is -2.44. The fourth-order valence-corrected chi connectivity index (χ4v) is 2.35. The molecule has 0 saturated heterocycles. The van der Waals surface area contributed by atoms with Crippen LogP contribution in [0.2, 0.25) is 0 Å². The number of nitrogen functional groups attached to an aromatic ring is 1. The fourth-order valence-electron chi connectivity index (χ4n) is 2.35. The van der Waals surface area contributed by atoms with Crippen LogP contribution in [0.5, 0.6) is 0 Å². The van der Waals surface area contributed by atoms with Gasteiger partial charge >= 0.3 is 0 Å². The van der Waals surface area contributed by atoms with Gasteiger partial charge in [0.1, 0.15) is 0 Å². The minimum atomic E-state index is -0.127. The van der Waals surface area contributed by atoms with Crippen molar-refractivity contribution in [3.05, 3.63) is 29.8 Å². The molecule has 21 heavy (non-hydrogen) atoms. The maximum Gasteiger partial charge on any atom is 0.237 e. The number of benzene rings is 1. The maximum atomic E-state index is 12.2. The maximum absolute atomic E-state index is 12.2. The van der Waals surface area contributed by atoms with Gasteiger partial charge in [-0.1, -0.05) is 38.8 Å². The molecule has 0 aliphatic rings. The van der Waals surface area contributed by atoms with Gasteiger partial charge in [-0.15, -0.1) is 0 Å². The number of nitrogens with one attached hydrogen (secondary N) is 1. The van der Waals surface area contributed by atoms with Crippen LogP contribution >= 0.6 is 0 Å². The highest BCUT2D eigenvalue weighted by Gasteiger charge is 2.19. The Morgan fingerprint density at radius 2 is 2.10 bits per heavy atom. The molecule has 1 aromatic rings. The van der Waals surface area contributed by atoms with Crippen LogP contribution in [-0.2, 0) is 11.3 Å². The summed E-state index contributed by atoms with van der Waals surface area (Å²) < 4.78 is 0. The SMILES string of the molecule is CCCCCNC(=O)C(C)N(CC)Cc1cccc(N)c1. The van der Waals surface area contributed by atoms with Gasteiger partial charge in [0.2, 0.25) is 5.91 Å². The van der Waals surface area contributed by atoms with E-state index in [1.807, 2.05) is 31.2 Å². The lowest BCUT2D eigenvalue weighted by molar-refractivity contribution is -0.126. The summed E-state index contributed by atoms with van der Waals surface area (Å²) in [7, 11) is 0. The molecule has 1 atom stereocenters. The molecule has 0 spiro atoms. The summed E-state index contributed by atoms with van der Waals surface area (Å²) in [6.07, 6.45) is 3.38. The molecule has 1 unspecified atom stereocenters. The van der Waals surface area contributed by atoms with Crippen LogP contribution in [0, 0.1) is 0 Å². The summed E-state index contributed by atoms with van der Waals surface area (Å²) >= 11 is 0. The number of unbranched alkanes of at least 4 members (excludes halogenated alkanes) is 2. The van der Waals surface area contributed by atoms with Crippen molar-refractivity contribution in [2.75, 3.05) is 18.8 Å². The van der Waals surface area contributed by atoms with Crippen molar-refractivity contribution in [3.63, 3.8) is 0 Å². The minimum absolute atomic E-state index is 0.108. The van der Waals surface area contributed by atoms with Crippen molar-refractivity contribution >= 4 is 11.6 Å². The van der Waals surface area contributed by atoms with E-state index in [-0.39, 0.29) is 11.9 Å². The number of likely N-dealkylation sites (N-methyl/N-ethyl adjacent to an activating group) is 1. The minimum Gasteiger partial charge on any atom is -0.399 e. The summed E-state index contributed by atoms with van der Waals surface area (Å²) in [5.41, 5.74) is 7.71. The Bertz CT molecular complexity index is 434. The van der Waals surface area contributed by atoms with E-state index in [1.165, 1.54) is 6.42 Å². The first kappa shape index (κ1) is 17.5. The van der Waals surface area contributed by atoms with Gasteiger partial charge in [0, 0.05) is 18.8 Å². The average molecular weight is 291 g/mol. The Morgan fingerprint density at radius 3 is 2.71 bits per heavy atom. The van der Waals surface area contributed by atoms with Crippen molar-refractivity contribution in [2.24, 2.45) is 0 Å². The van der Waals surface area contributed by atoms with Crippen LogP contribution in [0.15, 0.2) is 24.3 Å². The van der Waals surface area contributed by atoms with Crippen molar-refractivity contribution in [2.45, 2.75) is 52.6 Å². The lowest BCUT2D eigenvalue weighted by Gasteiger charge is -2.27. The molecular weight excluding hydrogens is 262 g/mol. The number of carbonyl (C=O) groups excluding carboxylic acids is 1. The van der Waals surface area contributed by atoms with Crippen molar-refractivity contribution in [1.82, 2.24) is 10.2 Å². The van der Waals surface area contributed by atoms with Gasteiger partial charge in [-0.25, -0.2) is 0 Å². The van der Waals surface area contributed by atoms with Crippen molar-refractivity contribution in [1.29, 1.82) is 0 Å². The monoisotopic (exact) mass is 291 g/mol. The number of anilines is 1. The number of amides is 1. The molecule has 118 valence electrons. The van der Waals surface area contributed by atoms with Gasteiger partial charge in [0.25, 0.3) is 0 Å². The number of rotatable bonds is 9. The predicted octanol–water partition coefficient (Wildman–Crippen LogP) is 2.79. The first-order valence-electron chi connectivity index (χ1n) is 7.94. The smallest absolute Gasteiger partial charge is 0.237 e. The standard InChI is InChI=1S/C17H29N3O/c1-4-6-7-11-19-17(21)14(3)20(5-2)13-15-9-8-10-16(18)12-15/h8-10,12,14H,4-7,11,13,18H2,1-3H3,(H,19,21). The van der Waals surface area contributed by atoms with Crippen LogP contribution in [-0.4, -0.2) is 29.9 Å². The third kappa shape index (κ3) is 6.17. The topological polar surface area (TPSA) is 58.4 Å². The number of carbonyl (C=O) groups is 1. The van der Waals surface area contributed by atoms with E-state index in [0.717, 1.165) is 43.7 Å². The highest BCUT2D eigenvalue weighted by Crippen LogP contribution is 2.11. The fraction of sp³-hybridized carbons (Fsp3) is 0.588. The van der Waals surface area contributed by atoms with Gasteiger partial charge in [-0.2, -0.15) is 0 Å². The summed E-state index contributed by atoms with van der Waals surface area (Å²) in [6.45, 7) is 8.54. The molecule has 0 bridgehead atoms. The molecule has 0 saturated carbocycles. The second-order valence-corrected chi connectivity index (χ2v) is 5.48. The van der Waals surface area contributed by atoms with Crippen molar-refractivity contribution in [3.8, 4) is 0 Å². The first-order valence-corrected chi connectivity index (χ1v) is 7.94. The molecule has 1 amide bonds. The first-order chi connectivity index (χ1) is 10.1. The zero-order chi connectivity index (χ0) is 15.7. The predicted molar refractivity (Wildman–Crippen MR) is 88.9 cm³/mol. The van der Waals surface area contributed by atoms with Gasteiger partial charge in [0.15, 0.2) is 0 Å². The average Bonchev–Trinajstić information content (AvgIpc) is 2.48. The van der Waals surface area contributed by atoms with E-state index in [9.17, 15) is 4.79 Å². The largest absolute Gasteiger partial charge is 0.399 e. The molecular formula is C17H29N3O. The summed E-state index contributed by atoms with van der Waals surface area (Å²) in [6, 6.07) is 7.72. The number of hydrogen-bond donors (Lipinski definition) is 2. The van der Waals surface area contributed by atoms with E-state index in [1.54, 1.807) is 0 Å². The van der Waals surface area contributed by atoms with Gasteiger partial charge in [0.05, 0.1) is 6.04 Å². The van der Waals surface area contributed by atoms with E-state index in [2.05, 4.69) is 24.1 Å². The Kier molecular flexibility index (Phi) is 7.83. The molecule has 1 rings (SSSR count). The highest BCUT2D eigenvalue weighted by molar-refractivity contribution is 5.81. The number of nitrogens with two attached hydrogens (primary N) is 1. The normalized spacial score (nSPS) is 12.4. The zero-order valence-corrected chi connectivity index (χ0v) is 13.6. The van der Waals surface area contributed by atoms with Crippen LogP contribution in [0.4, 0.5) is 5.69 Å². The van der Waals surface area contributed by atoms with Crippen LogP contribution < -0.4 is 11.1 Å². The molecule has 0 aliphatic heterocycles. The summed E-state index contributed by atoms with van der Waals surface area (Å²) in [4.78, 5) is 14.3. The Labute approximate surface area is 128 Å². The lowest BCUT2D eigenvalue weighted by atomic mass is 10.1. The van der Waals surface area contributed by atoms with Crippen LogP contribution in [0.25, 0.3) is 0 Å². The molecule has 4 nitrogen and oxygen atoms in total. The molecule has 0 radical (unpaired) electrons. The number of hydrogen-bond acceptors (Lipinski definition) is 3. The van der Waals surface area contributed by atoms with E-state index in [0.29, 0.717) is 0 Å². The van der Waals surface area contributed by atoms with E-state index < -0.39 is 0 Å². The van der Waals surface area contributed by atoms with E-state index in [4.69, 9.17) is 5.73 Å². The molecule has 0 aliphatic carbocycles. The molecule has 1 aromatic carbocycles. The molecule has 3 N–H and O–H groups in total. The van der Waals surface area contributed by atoms with Crippen molar-refractivity contribution < 1.29 is 4.79 Å². The molecule has 0 aromatic heterocycles. The Morgan fingerprint density at radius 1 is 1.33 bits per heavy atom. The van der Waals surface area contributed by atoms with Crippen LogP contribution in [0.3, 0.4) is 0 Å². The zero-order valence-electron chi connectivity index (χ0n) is 13.6. The van der Waals surface area contributed by atoms with Crippen LogP contribution in [0.1, 0.15) is 45.6 Å². The number of nitrogens with zero attached hydrogens (tertiary/aromatic N) is 1. The molecule has 4 heteroatoms. The second kappa shape index (κ2) is 9.40. The Hall–Kier alpha value is -1.55. The van der Waals surface area contributed by atoms with Gasteiger partial charge in [-0.05, 0) is 37.6 Å². The summed E-state index contributed by atoms with van der Waals surface area (Å²) in [5.74, 6) is 0.108. The van der Waals surface area contributed by atoms with Gasteiger partial charge < -0.3 is 11.1 Å². The molecule has 0 fully saturated rings. The third-order valence-corrected chi connectivity index (χ3v) is 3.75. The molecule has 0 heterocycles. The third-order valence-electron chi connectivity index (χ3n) is 3.75. The highest BCUT2D eigenvalue weighted by atomic mass is 16.2. The quantitative estimate of drug-likeness (QED) is 0.543.